The van der Waals surface area contributed by atoms with Gasteiger partial charge in [-0.2, -0.15) is 0 Å². The number of carbonyl (C=O) groups is 3. The molecule has 2 amide bonds. The van der Waals surface area contributed by atoms with Crippen LogP contribution in [-0.4, -0.2) is 64.8 Å². The number of amides is 2. The molecule has 0 aliphatic carbocycles. The number of carbonyl (C=O) groups excluding carboxylic acids is 2. The average Bonchev–Trinajstić information content (AvgIpc) is 2.78. The van der Waals surface area contributed by atoms with E-state index in [1.807, 2.05) is 0 Å². The maximum Gasteiger partial charge on any atom is 0.312 e. The summed E-state index contributed by atoms with van der Waals surface area (Å²) in [5, 5.41) is 16.6. The number of nitrogen functional groups attached to an aromatic ring is 1. The number of aliphatic carboxylic acids is 1. The Morgan fingerprint density at radius 3 is 2.52 bits per heavy atom. The SMILES string of the molecule is N=C(N)c1ccc(OCCCN2CCN(C(CC(=O)O)c3cccc(F)c3)C(=O)C2=O)cc1. The van der Waals surface area contributed by atoms with E-state index in [9.17, 15) is 23.9 Å². The highest BCUT2D eigenvalue weighted by atomic mass is 19.1. The zero-order chi connectivity index (χ0) is 24.0. The van der Waals surface area contributed by atoms with Crippen molar-refractivity contribution in [1.29, 1.82) is 5.41 Å². The smallest absolute Gasteiger partial charge is 0.312 e. The van der Waals surface area contributed by atoms with Crippen LogP contribution in [0.15, 0.2) is 48.5 Å². The molecular weight excluding hydrogens is 431 g/mol. The number of carboxylic acid groups (broad SMARTS) is 1. The number of hydrogen-bond acceptors (Lipinski definition) is 5. The van der Waals surface area contributed by atoms with Gasteiger partial charge < -0.3 is 25.4 Å². The van der Waals surface area contributed by atoms with E-state index in [2.05, 4.69) is 0 Å². The Balaban J connectivity index is 1.56. The van der Waals surface area contributed by atoms with E-state index >= 15 is 0 Å². The zero-order valence-electron chi connectivity index (χ0n) is 17.9. The lowest BCUT2D eigenvalue weighted by molar-refractivity contribution is -0.159. The van der Waals surface area contributed by atoms with E-state index in [0.717, 1.165) is 0 Å². The fourth-order valence-corrected chi connectivity index (χ4v) is 3.66. The van der Waals surface area contributed by atoms with Crippen LogP contribution in [0.2, 0.25) is 0 Å². The molecule has 0 bridgehead atoms. The van der Waals surface area contributed by atoms with Crippen LogP contribution in [0.1, 0.15) is 30.0 Å². The molecule has 2 aromatic rings. The van der Waals surface area contributed by atoms with E-state index < -0.39 is 36.1 Å². The first-order valence-corrected chi connectivity index (χ1v) is 10.4. The molecule has 1 heterocycles. The summed E-state index contributed by atoms with van der Waals surface area (Å²) in [6.45, 7) is 0.995. The van der Waals surface area contributed by atoms with Crippen LogP contribution < -0.4 is 10.5 Å². The van der Waals surface area contributed by atoms with Crippen molar-refractivity contribution in [2.75, 3.05) is 26.2 Å². The molecule has 4 N–H and O–H groups in total. The standard InChI is InChI=1S/C23H25FN4O5/c24-17-4-1-3-16(13-17)19(14-20(29)30)28-11-10-27(22(31)23(28)32)9-2-12-33-18-7-5-15(6-8-18)21(25)26/h1,3-8,13,19H,2,9-12,14H2,(H3,25,26)(H,29,30). The van der Waals surface area contributed by atoms with E-state index in [1.54, 1.807) is 30.3 Å². The summed E-state index contributed by atoms with van der Waals surface area (Å²) >= 11 is 0. The summed E-state index contributed by atoms with van der Waals surface area (Å²) in [6.07, 6.45) is 0.0503. The molecule has 1 saturated heterocycles. The molecule has 174 valence electrons. The molecule has 1 aliphatic heterocycles. The number of carboxylic acids is 1. The highest BCUT2D eigenvalue weighted by Crippen LogP contribution is 2.27. The summed E-state index contributed by atoms with van der Waals surface area (Å²) in [4.78, 5) is 39.3. The largest absolute Gasteiger partial charge is 0.494 e. The Hall–Kier alpha value is -3.95. The average molecular weight is 456 g/mol. The first-order valence-electron chi connectivity index (χ1n) is 10.4. The normalized spacial score (nSPS) is 14.8. The lowest BCUT2D eigenvalue weighted by atomic mass is 10.0. The molecule has 1 atom stereocenters. The van der Waals surface area contributed by atoms with Crippen LogP contribution in [0, 0.1) is 11.2 Å². The molecule has 1 aliphatic rings. The van der Waals surface area contributed by atoms with Gasteiger partial charge in [0.25, 0.3) is 0 Å². The molecule has 1 fully saturated rings. The second-order valence-electron chi connectivity index (χ2n) is 7.60. The minimum atomic E-state index is -1.15. The second kappa shape index (κ2) is 10.6. The highest BCUT2D eigenvalue weighted by Gasteiger charge is 2.37. The summed E-state index contributed by atoms with van der Waals surface area (Å²) in [7, 11) is 0. The maximum absolute atomic E-state index is 13.7. The number of halogens is 1. The van der Waals surface area contributed by atoms with Gasteiger partial charge in [0.15, 0.2) is 0 Å². The van der Waals surface area contributed by atoms with Gasteiger partial charge in [-0.3, -0.25) is 19.8 Å². The number of amidine groups is 1. The molecule has 33 heavy (non-hydrogen) atoms. The van der Waals surface area contributed by atoms with Gasteiger partial charge in [-0.15, -0.1) is 0 Å². The minimum absolute atomic E-state index is 0.0353. The Kier molecular flexibility index (Phi) is 7.60. The van der Waals surface area contributed by atoms with Crippen LogP contribution in [0.5, 0.6) is 5.75 Å². The van der Waals surface area contributed by atoms with Crippen molar-refractivity contribution in [2.24, 2.45) is 5.73 Å². The summed E-state index contributed by atoms with van der Waals surface area (Å²) in [5.41, 5.74) is 6.33. The predicted molar refractivity (Wildman–Crippen MR) is 117 cm³/mol. The number of piperazine rings is 1. The van der Waals surface area contributed by atoms with Crippen molar-refractivity contribution in [3.63, 3.8) is 0 Å². The summed E-state index contributed by atoms with van der Waals surface area (Å²) in [5.74, 6) is -2.67. The summed E-state index contributed by atoms with van der Waals surface area (Å²) < 4.78 is 19.3. The molecule has 3 rings (SSSR count). The number of ether oxygens (including phenoxy) is 1. The van der Waals surface area contributed by atoms with Gasteiger partial charge in [0.2, 0.25) is 0 Å². The molecule has 1 unspecified atom stereocenters. The van der Waals surface area contributed by atoms with Crippen LogP contribution in [0.3, 0.4) is 0 Å². The molecule has 0 saturated carbocycles. The van der Waals surface area contributed by atoms with Gasteiger partial charge in [-0.25, -0.2) is 4.39 Å². The van der Waals surface area contributed by atoms with Crippen LogP contribution in [-0.2, 0) is 14.4 Å². The third kappa shape index (κ3) is 6.06. The van der Waals surface area contributed by atoms with Crippen molar-refractivity contribution in [3.05, 3.63) is 65.5 Å². The molecule has 0 spiro atoms. The topological polar surface area (TPSA) is 137 Å². The Bertz CT molecular complexity index is 1040. The summed E-state index contributed by atoms with van der Waals surface area (Å²) in [6, 6.07) is 11.2. The van der Waals surface area contributed by atoms with Crippen molar-refractivity contribution in [2.45, 2.75) is 18.9 Å². The maximum atomic E-state index is 13.7. The van der Waals surface area contributed by atoms with E-state index in [-0.39, 0.29) is 18.9 Å². The van der Waals surface area contributed by atoms with Crippen molar-refractivity contribution in [1.82, 2.24) is 9.80 Å². The van der Waals surface area contributed by atoms with E-state index in [1.165, 1.54) is 28.0 Å². The fraction of sp³-hybridized carbons (Fsp3) is 0.304. The first kappa shape index (κ1) is 23.7. The van der Waals surface area contributed by atoms with Gasteiger partial charge in [-0.05, 0) is 48.4 Å². The third-order valence-corrected chi connectivity index (χ3v) is 5.33. The quantitative estimate of drug-likeness (QED) is 0.216. The first-order chi connectivity index (χ1) is 15.8. The minimum Gasteiger partial charge on any atom is -0.494 e. The number of nitrogens with one attached hydrogen (secondary N) is 1. The molecule has 2 aromatic carbocycles. The number of benzene rings is 2. The number of rotatable bonds is 10. The van der Waals surface area contributed by atoms with Gasteiger partial charge in [0, 0.05) is 25.2 Å². The lowest BCUT2D eigenvalue weighted by Crippen LogP contribution is -2.55. The van der Waals surface area contributed by atoms with Gasteiger partial charge in [0.1, 0.15) is 17.4 Å². The molecule has 0 radical (unpaired) electrons. The second-order valence-corrected chi connectivity index (χ2v) is 7.60. The van der Waals surface area contributed by atoms with Crippen LogP contribution in [0.25, 0.3) is 0 Å². The van der Waals surface area contributed by atoms with Crippen LogP contribution >= 0.6 is 0 Å². The molecule has 9 nitrogen and oxygen atoms in total. The highest BCUT2D eigenvalue weighted by molar-refractivity contribution is 6.35. The van der Waals surface area contributed by atoms with Gasteiger partial charge in [0.05, 0.1) is 19.1 Å². The predicted octanol–water partition coefficient (Wildman–Crippen LogP) is 1.77. The molecule has 0 aromatic heterocycles. The van der Waals surface area contributed by atoms with Crippen molar-refractivity contribution >= 4 is 23.6 Å². The Morgan fingerprint density at radius 2 is 1.88 bits per heavy atom. The number of nitrogens with two attached hydrogens (primary N) is 1. The van der Waals surface area contributed by atoms with Gasteiger partial charge in [-0.1, -0.05) is 12.1 Å². The monoisotopic (exact) mass is 456 g/mol. The number of hydrogen-bond donors (Lipinski definition) is 3. The third-order valence-electron chi connectivity index (χ3n) is 5.33. The van der Waals surface area contributed by atoms with Crippen molar-refractivity contribution < 1.29 is 28.6 Å². The van der Waals surface area contributed by atoms with E-state index in [0.29, 0.717) is 36.4 Å². The molecule has 10 heteroatoms. The number of nitrogens with zero attached hydrogens (tertiary/aromatic N) is 2. The lowest BCUT2D eigenvalue weighted by Gasteiger charge is -2.38. The zero-order valence-corrected chi connectivity index (χ0v) is 17.9. The van der Waals surface area contributed by atoms with Gasteiger partial charge >= 0.3 is 17.8 Å². The van der Waals surface area contributed by atoms with Crippen molar-refractivity contribution in [3.8, 4) is 5.75 Å². The fourth-order valence-electron chi connectivity index (χ4n) is 3.66. The Labute approximate surface area is 190 Å². The molecular formula is C23H25FN4O5. The van der Waals surface area contributed by atoms with Crippen LogP contribution in [0.4, 0.5) is 4.39 Å². The van der Waals surface area contributed by atoms with E-state index in [4.69, 9.17) is 15.9 Å². The Morgan fingerprint density at radius 1 is 1.15 bits per heavy atom.